The largest absolute Gasteiger partial charge is 0.341 e. The zero-order valence-corrected chi connectivity index (χ0v) is 16.8. The summed E-state index contributed by atoms with van der Waals surface area (Å²) in [6.45, 7) is 4.08. The fourth-order valence-corrected chi connectivity index (χ4v) is 5.20. The van der Waals surface area contributed by atoms with Gasteiger partial charge in [-0.3, -0.25) is 4.79 Å². The molecule has 0 aromatic carbocycles. The van der Waals surface area contributed by atoms with E-state index in [0.29, 0.717) is 19.1 Å². The monoisotopic (exact) mass is 407 g/mol. The van der Waals surface area contributed by atoms with Crippen LogP contribution >= 0.6 is 23.7 Å². The molecular formula is C16H26ClN3O3S2. The number of nitrogens with one attached hydrogen (secondary N) is 2. The summed E-state index contributed by atoms with van der Waals surface area (Å²) in [4.78, 5) is 14.3. The minimum atomic E-state index is -3.61. The lowest BCUT2D eigenvalue weighted by molar-refractivity contribution is -0.133. The Hall–Kier alpha value is -0.670. The van der Waals surface area contributed by atoms with Gasteiger partial charge in [0.25, 0.3) is 10.0 Å². The van der Waals surface area contributed by atoms with Crippen LogP contribution in [0.15, 0.2) is 21.7 Å². The Kier molecular flexibility index (Phi) is 7.28. The summed E-state index contributed by atoms with van der Waals surface area (Å²) in [6, 6.07) is 2.97. The molecule has 1 saturated heterocycles. The van der Waals surface area contributed by atoms with Gasteiger partial charge in [0.15, 0.2) is 0 Å². The molecule has 142 valence electrons. The van der Waals surface area contributed by atoms with Crippen molar-refractivity contribution in [3.8, 4) is 0 Å². The summed E-state index contributed by atoms with van der Waals surface area (Å²) in [6.07, 6.45) is 4.55. The summed E-state index contributed by atoms with van der Waals surface area (Å²) in [7, 11) is -3.61. The van der Waals surface area contributed by atoms with Gasteiger partial charge in [-0.15, -0.1) is 23.7 Å². The lowest BCUT2D eigenvalue weighted by Crippen LogP contribution is -2.51. The lowest BCUT2D eigenvalue weighted by Gasteiger charge is -2.34. The Morgan fingerprint density at radius 3 is 2.56 bits per heavy atom. The topological polar surface area (TPSA) is 78.5 Å². The molecule has 2 N–H and O–H groups in total. The molecule has 1 aromatic rings. The molecule has 9 heteroatoms. The molecule has 1 amide bonds. The predicted octanol–water partition coefficient (Wildman–Crippen LogP) is 1.83. The number of hydrogen-bond donors (Lipinski definition) is 2. The first-order valence-electron chi connectivity index (χ1n) is 8.54. The molecule has 1 atom stereocenters. The van der Waals surface area contributed by atoms with Gasteiger partial charge in [-0.2, -0.15) is 4.72 Å². The number of carbonyl (C=O) groups is 1. The second-order valence-corrected chi connectivity index (χ2v) is 9.61. The van der Waals surface area contributed by atoms with Gasteiger partial charge >= 0.3 is 0 Å². The summed E-state index contributed by atoms with van der Waals surface area (Å²) < 4.78 is 27.2. The highest BCUT2D eigenvalue weighted by molar-refractivity contribution is 7.91. The van der Waals surface area contributed by atoms with E-state index in [9.17, 15) is 13.2 Å². The Bertz CT molecular complexity index is 654. The highest BCUT2D eigenvalue weighted by Crippen LogP contribution is 2.28. The van der Waals surface area contributed by atoms with Crippen molar-refractivity contribution in [2.75, 3.05) is 19.6 Å². The third-order valence-electron chi connectivity index (χ3n) is 4.66. The molecule has 25 heavy (non-hydrogen) atoms. The van der Waals surface area contributed by atoms with Crippen molar-refractivity contribution in [1.82, 2.24) is 14.9 Å². The SMILES string of the molecule is CC(NS(=O)(=O)c1cccs1)C(=O)N1CCC(NCC2CC2)CC1.Cl. The van der Waals surface area contributed by atoms with Gasteiger partial charge in [-0.1, -0.05) is 6.07 Å². The molecule has 1 saturated carbocycles. The highest BCUT2D eigenvalue weighted by Gasteiger charge is 2.30. The quantitative estimate of drug-likeness (QED) is 0.722. The first-order chi connectivity index (χ1) is 11.5. The highest BCUT2D eigenvalue weighted by atomic mass is 35.5. The number of rotatable bonds is 7. The molecule has 2 heterocycles. The van der Waals surface area contributed by atoms with E-state index in [1.54, 1.807) is 29.3 Å². The predicted molar refractivity (Wildman–Crippen MR) is 102 cm³/mol. The molecule has 1 unspecified atom stereocenters. The fraction of sp³-hybridized carbons (Fsp3) is 0.688. The molecule has 0 bridgehead atoms. The smallest absolute Gasteiger partial charge is 0.250 e. The summed E-state index contributed by atoms with van der Waals surface area (Å²) in [5.41, 5.74) is 0. The van der Waals surface area contributed by atoms with E-state index in [2.05, 4.69) is 10.0 Å². The molecule has 0 radical (unpaired) electrons. The van der Waals surface area contributed by atoms with E-state index in [4.69, 9.17) is 0 Å². The maximum Gasteiger partial charge on any atom is 0.250 e. The molecule has 1 aromatic heterocycles. The Balaban J connectivity index is 0.00000225. The minimum absolute atomic E-state index is 0. The zero-order valence-electron chi connectivity index (χ0n) is 14.3. The van der Waals surface area contributed by atoms with Crippen molar-refractivity contribution in [1.29, 1.82) is 0 Å². The zero-order chi connectivity index (χ0) is 17.2. The third-order valence-corrected chi connectivity index (χ3v) is 7.60. The summed E-state index contributed by atoms with van der Waals surface area (Å²) in [5, 5.41) is 5.29. The van der Waals surface area contributed by atoms with Crippen molar-refractivity contribution in [2.45, 2.75) is 48.9 Å². The molecule has 1 aliphatic carbocycles. The fourth-order valence-electron chi connectivity index (χ4n) is 2.99. The average molecular weight is 408 g/mol. The van der Waals surface area contributed by atoms with Gasteiger partial charge in [0.05, 0.1) is 6.04 Å². The number of sulfonamides is 1. The van der Waals surface area contributed by atoms with Crippen LogP contribution in [0.1, 0.15) is 32.6 Å². The molecular weight excluding hydrogens is 382 g/mol. The number of thiophene rings is 1. The van der Waals surface area contributed by atoms with Crippen molar-refractivity contribution >= 4 is 39.7 Å². The van der Waals surface area contributed by atoms with Gasteiger partial charge in [0, 0.05) is 19.1 Å². The third kappa shape index (κ3) is 5.65. The molecule has 2 fully saturated rings. The van der Waals surface area contributed by atoms with Gasteiger partial charge in [-0.25, -0.2) is 8.42 Å². The first kappa shape index (κ1) is 20.6. The van der Waals surface area contributed by atoms with Crippen LogP contribution in [0.25, 0.3) is 0 Å². The maximum atomic E-state index is 12.5. The van der Waals surface area contributed by atoms with Crippen LogP contribution in [0.4, 0.5) is 0 Å². The van der Waals surface area contributed by atoms with Gasteiger partial charge in [-0.05, 0) is 56.5 Å². The molecule has 2 aliphatic rings. The van der Waals surface area contributed by atoms with Crippen LogP contribution in [0.3, 0.4) is 0 Å². The minimum Gasteiger partial charge on any atom is -0.341 e. The van der Waals surface area contributed by atoms with Crippen molar-refractivity contribution in [3.63, 3.8) is 0 Å². The van der Waals surface area contributed by atoms with Crippen LogP contribution in [0.2, 0.25) is 0 Å². The normalized spacial score (nSPS) is 20.1. The lowest BCUT2D eigenvalue weighted by atomic mass is 10.0. The molecule has 0 spiro atoms. The number of amides is 1. The second kappa shape index (κ2) is 8.81. The number of halogens is 1. The van der Waals surface area contributed by atoms with Gasteiger partial charge in [0.1, 0.15) is 4.21 Å². The first-order valence-corrected chi connectivity index (χ1v) is 10.9. The maximum absolute atomic E-state index is 12.5. The van der Waals surface area contributed by atoms with E-state index < -0.39 is 16.1 Å². The van der Waals surface area contributed by atoms with Gasteiger partial charge in [0.2, 0.25) is 5.91 Å². The number of hydrogen-bond acceptors (Lipinski definition) is 5. The van der Waals surface area contributed by atoms with Crippen LogP contribution < -0.4 is 10.0 Å². The van der Waals surface area contributed by atoms with Crippen LogP contribution in [0, 0.1) is 5.92 Å². The van der Waals surface area contributed by atoms with Crippen LogP contribution in [-0.2, 0) is 14.8 Å². The Labute approximate surface area is 159 Å². The van der Waals surface area contributed by atoms with E-state index >= 15 is 0 Å². The van der Waals surface area contributed by atoms with Crippen molar-refractivity contribution < 1.29 is 13.2 Å². The average Bonchev–Trinajstić information content (AvgIpc) is 3.22. The molecule has 6 nitrogen and oxygen atoms in total. The number of likely N-dealkylation sites (tertiary alicyclic amines) is 1. The molecule has 3 rings (SSSR count). The molecule has 1 aliphatic heterocycles. The standard InChI is InChI=1S/C16H25N3O3S2.ClH/c1-12(18-24(21,22)15-3-2-10-23-15)16(20)19-8-6-14(7-9-19)17-11-13-4-5-13;/h2-3,10,12-14,17-18H,4-9,11H2,1H3;1H. The second-order valence-electron chi connectivity index (χ2n) is 6.73. The Morgan fingerprint density at radius 2 is 2.00 bits per heavy atom. The summed E-state index contributed by atoms with van der Waals surface area (Å²) in [5.74, 6) is 0.715. The van der Waals surface area contributed by atoms with Gasteiger partial charge < -0.3 is 10.2 Å². The van der Waals surface area contributed by atoms with E-state index in [1.165, 1.54) is 12.8 Å². The van der Waals surface area contributed by atoms with Crippen molar-refractivity contribution in [3.05, 3.63) is 17.5 Å². The number of piperidine rings is 1. The number of nitrogens with zero attached hydrogens (tertiary/aromatic N) is 1. The Morgan fingerprint density at radius 1 is 1.32 bits per heavy atom. The van der Waals surface area contributed by atoms with E-state index in [-0.39, 0.29) is 22.5 Å². The van der Waals surface area contributed by atoms with E-state index in [0.717, 1.165) is 36.6 Å². The van der Waals surface area contributed by atoms with E-state index in [1.807, 2.05) is 0 Å². The van der Waals surface area contributed by atoms with Crippen LogP contribution in [0.5, 0.6) is 0 Å². The van der Waals surface area contributed by atoms with Crippen LogP contribution in [-0.4, -0.2) is 50.9 Å². The summed E-state index contributed by atoms with van der Waals surface area (Å²) >= 11 is 1.15. The van der Waals surface area contributed by atoms with Crippen molar-refractivity contribution in [2.24, 2.45) is 5.92 Å². The number of carbonyl (C=O) groups excluding carboxylic acids is 1.